The Kier molecular flexibility index (Phi) is 8.13. The number of nitrogens with one attached hydrogen (secondary N) is 1. The zero-order chi connectivity index (χ0) is 21.4. The standard InChI is InChI=1S/C22H29NO6/c1-2-15(14-24)7-5-3-4-6-8-18(26)19-20(27)17(13-23-21(19)28)22(29)11-9-16(25)10-12-22/h3-8,13,15-16,24-25,29H,2,9-12,14H2,1H3,(H2,23,27,28)/b4-3+,7-5+,8-6+. The third-order valence-corrected chi connectivity index (χ3v) is 5.32. The Labute approximate surface area is 169 Å². The van der Waals surface area contributed by atoms with Crippen LogP contribution in [0.5, 0.6) is 5.75 Å². The first-order chi connectivity index (χ1) is 13.8. The third-order valence-electron chi connectivity index (χ3n) is 5.32. The SMILES string of the molecule is CCC(/C=C/C=C/C=C/C(=O)c1c(O)c(C2(O)CCC(O)CC2)c[nH]c1=O)CO. The molecule has 5 N–H and O–H groups in total. The molecule has 1 atom stereocenters. The molecular weight excluding hydrogens is 374 g/mol. The third kappa shape index (κ3) is 5.76. The van der Waals surface area contributed by atoms with E-state index in [1.54, 1.807) is 18.2 Å². The van der Waals surface area contributed by atoms with Gasteiger partial charge in [0, 0.05) is 18.4 Å². The molecular formula is C22H29NO6. The van der Waals surface area contributed by atoms with Gasteiger partial charge in [0.05, 0.1) is 11.7 Å². The molecule has 1 aromatic rings. The number of rotatable bonds is 8. The van der Waals surface area contributed by atoms with Crippen LogP contribution >= 0.6 is 0 Å². The second-order valence-corrected chi connectivity index (χ2v) is 7.36. The predicted octanol–water partition coefficient (Wildman–Crippen LogP) is 2.07. The van der Waals surface area contributed by atoms with Crippen LogP contribution in [-0.4, -0.2) is 43.9 Å². The molecule has 0 spiro atoms. The topological polar surface area (TPSA) is 131 Å². The lowest BCUT2D eigenvalue weighted by Crippen LogP contribution is -2.34. The predicted molar refractivity (Wildman–Crippen MR) is 110 cm³/mol. The summed E-state index contributed by atoms with van der Waals surface area (Å²) in [6.45, 7) is 2.04. The van der Waals surface area contributed by atoms with E-state index in [4.69, 9.17) is 5.11 Å². The first kappa shape index (κ1) is 22.8. The van der Waals surface area contributed by atoms with Gasteiger partial charge in [-0.2, -0.15) is 0 Å². The van der Waals surface area contributed by atoms with Crippen molar-refractivity contribution in [3.63, 3.8) is 0 Å². The minimum absolute atomic E-state index is 0.0683. The number of hydrogen-bond acceptors (Lipinski definition) is 6. The number of carbonyl (C=O) groups is 1. The average Bonchev–Trinajstić information content (AvgIpc) is 2.70. The van der Waals surface area contributed by atoms with E-state index in [0.717, 1.165) is 12.5 Å². The summed E-state index contributed by atoms with van der Waals surface area (Å²) >= 11 is 0. The molecule has 1 fully saturated rings. The highest BCUT2D eigenvalue weighted by Gasteiger charge is 2.38. The molecule has 29 heavy (non-hydrogen) atoms. The molecule has 0 saturated heterocycles. The van der Waals surface area contributed by atoms with Crippen LogP contribution in [0, 0.1) is 5.92 Å². The van der Waals surface area contributed by atoms with E-state index in [1.165, 1.54) is 12.3 Å². The van der Waals surface area contributed by atoms with Crippen molar-refractivity contribution in [1.82, 2.24) is 4.98 Å². The van der Waals surface area contributed by atoms with Crippen molar-refractivity contribution in [3.05, 3.63) is 64.1 Å². The molecule has 1 aliphatic rings. The monoisotopic (exact) mass is 403 g/mol. The number of hydrogen-bond donors (Lipinski definition) is 5. The van der Waals surface area contributed by atoms with Gasteiger partial charge in [0.15, 0.2) is 5.78 Å². The fourth-order valence-electron chi connectivity index (χ4n) is 3.36. The van der Waals surface area contributed by atoms with Gasteiger partial charge < -0.3 is 25.4 Å². The number of aliphatic hydroxyl groups is 3. The number of H-pyrrole nitrogens is 1. The molecule has 0 amide bonds. The molecule has 158 valence electrons. The molecule has 1 saturated carbocycles. The zero-order valence-electron chi connectivity index (χ0n) is 16.5. The van der Waals surface area contributed by atoms with Gasteiger partial charge in [-0.1, -0.05) is 37.3 Å². The molecule has 1 aromatic heterocycles. The largest absolute Gasteiger partial charge is 0.507 e. The van der Waals surface area contributed by atoms with Crippen molar-refractivity contribution in [1.29, 1.82) is 0 Å². The fourth-order valence-corrected chi connectivity index (χ4v) is 3.36. The summed E-state index contributed by atoms with van der Waals surface area (Å²) < 4.78 is 0. The van der Waals surface area contributed by atoms with Crippen molar-refractivity contribution in [2.24, 2.45) is 5.92 Å². The van der Waals surface area contributed by atoms with Crippen LogP contribution in [0.4, 0.5) is 0 Å². The fraction of sp³-hybridized carbons (Fsp3) is 0.455. The minimum atomic E-state index is -1.40. The zero-order valence-corrected chi connectivity index (χ0v) is 16.5. The summed E-state index contributed by atoms with van der Waals surface area (Å²) in [7, 11) is 0. The van der Waals surface area contributed by atoms with Gasteiger partial charge >= 0.3 is 0 Å². The summed E-state index contributed by atoms with van der Waals surface area (Å²) in [5.41, 5.74) is -2.47. The van der Waals surface area contributed by atoms with E-state index in [1.807, 2.05) is 13.0 Å². The number of aliphatic hydroxyl groups excluding tert-OH is 2. The summed E-state index contributed by atoms with van der Waals surface area (Å²) in [5, 5.41) is 40.1. The first-order valence-electron chi connectivity index (χ1n) is 9.84. The molecule has 1 unspecified atom stereocenters. The number of allylic oxidation sites excluding steroid dienone is 5. The number of pyridine rings is 1. The number of aromatic amines is 1. The Bertz CT molecular complexity index is 839. The average molecular weight is 403 g/mol. The number of carbonyl (C=O) groups excluding carboxylic acids is 1. The van der Waals surface area contributed by atoms with E-state index in [0.29, 0.717) is 12.8 Å². The Hall–Kier alpha value is -2.48. The molecule has 7 nitrogen and oxygen atoms in total. The van der Waals surface area contributed by atoms with E-state index in [-0.39, 0.29) is 30.9 Å². The van der Waals surface area contributed by atoms with Crippen LogP contribution in [0.2, 0.25) is 0 Å². The maximum absolute atomic E-state index is 12.4. The summed E-state index contributed by atoms with van der Waals surface area (Å²) in [4.78, 5) is 27.0. The summed E-state index contributed by atoms with van der Waals surface area (Å²) in [6.07, 6.45) is 12.2. The lowest BCUT2D eigenvalue weighted by atomic mass is 9.78. The molecule has 0 aromatic carbocycles. The lowest BCUT2D eigenvalue weighted by Gasteiger charge is -2.35. The number of ketones is 1. The summed E-state index contributed by atoms with van der Waals surface area (Å²) in [6, 6.07) is 0. The summed E-state index contributed by atoms with van der Waals surface area (Å²) in [5.74, 6) is -1.13. The van der Waals surface area contributed by atoms with Crippen molar-refractivity contribution >= 4 is 5.78 Å². The van der Waals surface area contributed by atoms with Crippen LogP contribution in [0.15, 0.2) is 47.4 Å². The van der Waals surface area contributed by atoms with Crippen molar-refractivity contribution in [3.8, 4) is 5.75 Å². The van der Waals surface area contributed by atoms with Gasteiger partial charge in [-0.15, -0.1) is 0 Å². The molecule has 7 heteroatoms. The Morgan fingerprint density at radius 1 is 1.28 bits per heavy atom. The van der Waals surface area contributed by atoms with Gasteiger partial charge in [0.2, 0.25) is 0 Å². The molecule has 2 rings (SSSR count). The lowest BCUT2D eigenvalue weighted by molar-refractivity contribution is -0.0377. The van der Waals surface area contributed by atoms with Crippen LogP contribution in [0.1, 0.15) is 54.9 Å². The Balaban J connectivity index is 2.17. The highest BCUT2D eigenvalue weighted by atomic mass is 16.3. The van der Waals surface area contributed by atoms with Crippen LogP contribution < -0.4 is 5.56 Å². The maximum atomic E-state index is 12.4. The molecule has 0 radical (unpaired) electrons. The highest BCUT2D eigenvalue weighted by molar-refractivity contribution is 6.06. The van der Waals surface area contributed by atoms with Gasteiger partial charge in [-0.05, 0) is 44.1 Å². The van der Waals surface area contributed by atoms with Crippen LogP contribution in [0.25, 0.3) is 0 Å². The highest BCUT2D eigenvalue weighted by Crippen LogP contribution is 2.41. The van der Waals surface area contributed by atoms with Crippen molar-refractivity contribution in [2.75, 3.05) is 6.61 Å². The van der Waals surface area contributed by atoms with E-state index in [2.05, 4.69) is 4.98 Å². The second-order valence-electron chi connectivity index (χ2n) is 7.36. The quantitative estimate of drug-likeness (QED) is 0.257. The smallest absolute Gasteiger partial charge is 0.262 e. The Morgan fingerprint density at radius 2 is 1.93 bits per heavy atom. The Morgan fingerprint density at radius 3 is 2.55 bits per heavy atom. The van der Waals surface area contributed by atoms with Crippen LogP contribution in [-0.2, 0) is 5.60 Å². The molecule has 1 heterocycles. The first-order valence-corrected chi connectivity index (χ1v) is 9.84. The molecule has 0 bridgehead atoms. The van der Waals surface area contributed by atoms with Crippen molar-refractivity contribution in [2.45, 2.75) is 50.7 Å². The maximum Gasteiger partial charge on any atom is 0.262 e. The van der Waals surface area contributed by atoms with Gasteiger partial charge in [0.1, 0.15) is 11.3 Å². The molecule has 0 aliphatic heterocycles. The van der Waals surface area contributed by atoms with Gasteiger partial charge in [0.25, 0.3) is 5.56 Å². The van der Waals surface area contributed by atoms with E-state index >= 15 is 0 Å². The van der Waals surface area contributed by atoms with E-state index in [9.17, 15) is 24.9 Å². The van der Waals surface area contributed by atoms with Gasteiger partial charge in [-0.25, -0.2) is 0 Å². The van der Waals surface area contributed by atoms with Crippen LogP contribution in [0.3, 0.4) is 0 Å². The second kappa shape index (κ2) is 10.3. The van der Waals surface area contributed by atoms with Gasteiger partial charge in [-0.3, -0.25) is 9.59 Å². The van der Waals surface area contributed by atoms with E-state index < -0.39 is 34.4 Å². The molecule has 1 aliphatic carbocycles. The number of aromatic nitrogens is 1. The normalized spacial score (nSPS) is 23.9. The number of aromatic hydroxyl groups is 1. The van der Waals surface area contributed by atoms with Crippen molar-refractivity contribution < 1.29 is 25.2 Å². The minimum Gasteiger partial charge on any atom is -0.507 e.